The third kappa shape index (κ3) is 2.01. The second-order valence-corrected chi connectivity index (χ2v) is 8.72. The maximum Gasteiger partial charge on any atom is 0.145 e. The lowest BCUT2D eigenvalue weighted by molar-refractivity contribution is 0.673. The van der Waals surface area contributed by atoms with Crippen LogP contribution in [0.2, 0.25) is 0 Å². The van der Waals surface area contributed by atoms with Gasteiger partial charge < -0.3 is 13.9 Å². The highest BCUT2D eigenvalue weighted by Crippen LogP contribution is 2.49. The minimum atomic E-state index is 0.242. The Morgan fingerprint density at radius 3 is 2.50 bits per heavy atom. The molecule has 0 saturated carbocycles. The molecule has 0 atom stereocenters. The molecule has 0 spiro atoms. The Hall–Kier alpha value is -4.23. The first-order chi connectivity index (χ1) is 15.7. The van der Waals surface area contributed by atoms with Crippen LogP contribution in [0.3, 0.4) is 0 Å². The fraction of sp³-hybridized carbons (Fsp3) is 0.107. The molecular formula is C28H19N3O. The topological polar surface area (TPSA) is 45.1 Å². The fourth-order valence-electron chi connectivity index (χ4n) is 5.42. The zero-order chi connectivity index (χ0) is 21.6. The Balaban J connectivity index is 1.73. The Morgan fingerprint density at radius 1 is 0.812 bits per heavy atom. The van der Waals surface area contributed by atoms with Gasteiger partial charge in [-0.05, 0) is 56.3 Å². The van der Waals surface area contributed by atoms with E-state index in [-0.39, 0.29) is 6.04 Å². The minimum absolute atomic E-state index is 0.242. The van der Waals surface area contributed by atoms with Crippen LogP contribution in [0.25, 0.3) is 49.4 Å². The molecule has 1 aliphatic heterocycles. The van der Waals surface area contributed by atoms with Crippen LogP contribution in [0.4, 0.5) is 11.4 Å². The lowest BCUT2D eigenvalue weighted by Crippen LogP contribution is -2.29. The second-order valence-electron chi connectivity index (χ2n) is 8.72. The van der Waals surface area contributed by atoms with Crippen LogP contribution in [-0.2, 0) is 0 Å². The van der Waals surface area contributed by atoms with Crippen LogP contribution in [-0.4, -0.2) is 10.6 Å². The van der Waals surface area contributed by atoms with Gasteiger partial charge in [0.2, 0.25) is 0 Å². The van der Waals surface area contributed by atoms with Gasteiger partial charge in [-0.3, -0.25) is 0 Å². The third-order valence-electron chi connectivity index (χ3n) is 6.65. The number of hydrogen-bond acceptors (Lipinski definition) is 3. The number of benzene rings is 4. The predicted molar refractivity (Wildman–Crippen MR) is 130 cm³/mol. The molecule has 0 radical (unpaired) electrons. The van der Waals surface area contributed by atoms with Crippen molar-refractivity contribution < 1.29 is 4.42 Å². The molecule has 0 fully saturated rings. The summed E-state index contributed by atoms with van der Waals surface area (Å²) in [6, 6.07) is 27.6. The lowest BCUT2D eigenvalue weighted by Gasteiger charge is -2.36. The number of para-hydroxylation sites is 2. The zero-order valence-electron chi connectivity index (χ0n) is 17.8. The number of furan rings is 1. The zero-order valence-corrected chi connectivity index (χ0v) is 17.8. The van der Waals surface area contributed by atoms with Gasteiger partial charge in [0.15, 0.2) is 0 Å². The van der Waals surface area contributed by atoms with Gasteiger partial charge in [0, 0.05) is 22.2 Å². The highest BCUT2D eigenvalue weighted by Gasteiger charge is 2.30. The van der Waals surface area contributed by atoms with Crippen molar-refractivity contribution in [2.45, 2.75) is 19.9 Å². The van der Waals surface area contributed by atoms with E-state index in [0.29, 0.717) is 5.56 Å². The Morgan fingerprint density at radius 2 is 1.66 bits per heavy atom. The maximum absolute atomic E-state index is 9.54. The molecule has 7 rings (SSSR count). The van der Waals surface area contributed by atoms with Crippen molar-refractivity contribution in [2.24, 2.45) is 0 Å². The summed E-state index contributed by atoms with van der Waals surface area (Å²) in [5.41, 5.74) is 8.10. The summed E-state index contributed by atoms with van der Waals surface area (Å²) in [5, 5.41) is 14.1. The molecule has 0 N–H and O–H groups in total. The summed E-state index contributed by atoms with van der Waals surface area (Å²) in [7, 11) is 0. The van der Waals surface area contributed by atoms with Crippen molar-refractivity contribution >= 4 is 55.1 Å². The lowest BCUT2D eigenvalue weighted by atomic mass is 10.0. The molecule has 0 bridgehead atoms. The first-order valence-electron chi connectivity index (χ1n) is 10.9. The summed E-state index contributed by atoms with van der Waals surface area (Å²) in [5.74, 6) is 0. The highest BCUT2D eigenvalue weighted by molar-refractivity contribution is 6.26. The van der Waals surface area contributed by atoms with Crippen LogP contribution in [0.5, 0.6) is 0 Å². The van der Waals surface area contributed by atoms with Crippen LogP contribution < -0.4 is 4.90 Å². The molecule has 4 heteroatoms. The quantitative estimate of drug-likeness (QED) is 0.282. The average Bonchev–Trinajstić information content (AvgIpc) is 3.35. The molecule has 0 saturated heterocycles. The molecule has 32 heavy (non-hydrogen) atoms. The van der Waals surface area contributed by atoms with Gasteiger partial charge in [-0.25, -0.2) is 0 Å². The van der Waals surface area contributed by atoms with Crippen molar-refractivity contribution in [2.75, 3.05) is 4.90 Å². The van der Waals surface area contributed by atoms with Gasteiger partial charge in [0.1, 0.15) is 11.2 Å². The smallest absolute Gasteiger partial charge is 0.145 e. The average molecular weight is 413 g/mol. The molecule has 3 heterocycles. The maximum atomic E-state index is 9.54. The molecule has 1 aliphatic rings. The molecule has 2 aromatic heterocycles. The summed E-state index contributed by atoms with van der Waals surface area (Å²) >= 11 is 0. The fourth-order valence-corrected chi connectivity index (χ4v) is 5.42. The van der Waals surface area contributed by atoms with E-state index >= 15 is 0 Å². The van der Waals surface area contributed by atoms with E-state index in [4.69, 9.17) is 4.42 Å². The molecule has 0 unspecified atom stereocenters. The van der Waals surface area contributed by atoms with Crippen LogP contribution in [0, 0.1) is 11.3 Å². The number of nitrogens with zero attached hydrogens (tertiary/aromatic N) is 3. The van der Waals surface area contributed by atoms with Gasteiger partial charge >= 0.3 is 0 Å². The number of aromatic nitrogens is 1. The molecule has 0 amide bonds. The summed E-state index contributed by atoms with van der Waals surface area (Å²) in [6.45, 7) is 4.38. The minimum Gasteiger partial charge on any atom is -0.455 e. The Labute approximate surface area is 184 Å². The summed E-state index contributed by atoms with van der Waals surface area (Å²) in [6.07, 6.45) is 0. The van der Waals surface area contributed by atoms with E-state index in [1.165, 1.54) is 10.9 Å². The Kier molecular flexibility index (Phi) is 3.23. The van der Waals surface area contributed by atoms with E-state index in [0.717, 1.165) is 49.9 Å². The van der Waals surface area contributed by atoms with Crippen molar-refractivity contribution in [1.29, 1.82) is 5.26 Å². The molecule has 4 aromatic carbocycles. The van der Waals surface area contributed by atoms with Crippen LogP contribution >= 0.6 is 0 Å². The van der Waals surface area contributed by atoms with Crippen molar-refractivity contribution in [3.63, 3.8) is 0 Å². The van der Waals surface area contributed by atoms with Gasteiger partial charge in [0.05, 0.1) is 45.1 Å². The summed E-state index contributed by atoms with van der Waals surface area (Å²) < 4.78 is 8.76. The van der Waals surface area contributed by atoms with E-state index in [1.807, 2.05) is 24.3 Å². The van der Waals surface area contributed by atoms with Crippen molar-refractivity contribution in [1.82, 2.24) is 4.57 Å². The van der Waals surface area contributed by atoms with E-state index in [2.05, 4.69) is 77.9 Å². The molecule has 6 aromatic rings. The van der Waals surface area contributed by atoms with E-state index < -0.39 is 0 Å². The number of rotatable bonds is 1. The van der Waals surface area contributed by atoms with E-state index in [9.17, 15) is 5.26 Å². The number of hydrogen-bond donors (Lipinski definition) is 0. The van der Waals surface area contributed by atoms with Gasteiger partial charge in [0.25, 0.3) is 0 Å². The third-order valence-corrected chi connectivity index (χ3v) is 6.65. The summed E-state index contributed by atoms with van der Waals surface area (Å²) in [4.78, 5) is 2.34. The number of fused-ring (bicyclic) bond motifs is 9. The van der Waals surface area contributed by atoms with Gasteiger partial charge in [-0.15, -0.1) is 0 Å². The van der Waals surface area contributed by atoms with Gasteiger partial charge in [-0.1, -0.05) is 30.3 Å². The SMILES string of the molecule is CC(C)N1c2cc(C#N)ccc2-n2c3ccc4c5ccccc5oc4c3c3cccc1c32. The Bertz CT molecular complexity index is 1780. The molecule has 152 valence electrons. The normalized spacial score (nSPS) is 12.9. The monoisotopic (exact) mass is 413 g/mol. The molecule has 0 aliphatic carbocycles. The second kappa shape index (κ2) is 5.93. The number of nitriles is 1. The van der Waals surface area contributed by atoms with Crippen molar-refractivity contribution in [3.05, 3.63) is 78.4 Å². The highest BCUT2D eigenvalue weighted by atomic mass is 16.3. The van der Waals surface area contributed by atoms with E-state index in [1.54, 1.807) is 0 Å². The van der Waals surface area contributed by atoms with Crippen molar-refractivity contribution in [3.8, 4) is 11.8 Å². The predicted octanol–water partition coefficient (Wildman–Crippen LogP) is 7.41. The first kappa shape index (κ1) is 17.5. The molecule has 4 nitrogen and oxygen atoms in total. The van der Waals surface area contributed by atoms with Crippen LogP contribution in [0.1, 0.15) is 19.4 Å². The van der Waals surface area contributed by atoms with Crippen LogP contribution in [0.15, 0.2) is 77.2 Å². The first-order valence-corrected chi connectivity index (χ1v) is 10.9. The molecular weight excluding hydrogens is 394 g/mol. The largest absolute Gasteiger partial charge is 0.455 e. The number of anilines is 2. The standard InChI is InChI=1S/C28H19N3O/c1-16(2)30-23-8-5-7-20-26-22(13-11-19-18-6-3-4-9-25(18)32-28(19)26)31(27(20)23)21-12-10-17(15-29)14-24(21)30/h3-14,16H,1-2H3. The van der Waals surface area contributed by atoms with Gasteiger partial charge in [-0.2, -0.15) is 5.26 Å².